The summed E-state index contributed by atoms with van der Waals surface area (Å²) in [6, 6.07) is 0.529. The smallest absolute Gasteiger partial charge is 0.00729 e. The van der Waals surface area contributed by atoms with Gasteiger partial charge in [0.1, 0.15) is 0 Å². The number of hydrogen-bond donors (Lipinski definition) is 0. The molecule has 0 atom stereocenters. The molecular weight excluding hydrogens is 136 g/mol. The van der Waals surface area contributed by atoms with Gasteiger partial charge in [0, 0.05) is 13.7 Å². The predicted octanol–water partition coefficient (Wildman–Crippen LogP) is 2.52. The zero-order valence-electron chi connectivity index (χ0n) is 10.2. The Balaban J connectivity index is 3.00. The Morgan fingerprint density at radius 3 is 2.20 bits per heavy atom. The van der Waals surface area contributed by atoms with E-state index in [0.29, 0.717) is 6.04 Å². The first-order valence-electron chi connectivity index (χ1n) is 6.06. The van der Waals surface area contributed by atoms with Gasteiger partial charge in [-0.2, -0.15) is 0 Å². The highest BCUT2D eigenvalue weighted by molar-refractivity contribution is 6.08. The summed E-state index contributed by atoms with van der Waals surface area (Å²) in [4.78, 5) is 0. The predicted molar refractivity (Wildman–Crippen MR) is 52.7 cm³/mol. The van der Waals surface area contributed by atoms with Gasteiger partial charge in [-0.05, 0) is 0 Å². The molecule has 0 rings (SSSR count). The number of rotatable bonds is 8. The molecule has 62 valence electrons. The molecule has 0 aromatic heterocycles. The van der Waals surface area contributed by atoms with Crippen LogP contribution in [0, 0.1) is 0 Å². The van der Waals surface area contributed by atoms with E-state index in [9.17, 15) is 0 Å². The van der Waals surface area contributed by atoms with Gasteiger partial charge in [-0.1, -0.05) is 57.9 Å². The maximum absolute atomic E-state index is 7.15. The molecule has 0 bridgehead atoms. The van der Waals surface area contributed by atoms with E-state index < -0.39 is 10.0 Å². The first-order chi connectivity index (χ1) is 6.06. The van der Waals surface area contributed by atoms with E-state index in [2.05, 4.69) is 6.92 Å². The highest BCUT2D eigenvalue weighted by Gasteiger charge is 1.87. The lowest BCUT2D eigenvalue weighted by Gasteiger charge is -1.97. The van der Waals surface area contributed by atoms with Crippen molar-refractivity contribution in [3.8, 4) is 0 Å². The molecule has 0 aromatic rings. The highest BCUT2D eigenvalue weighted by atomic mass is 28.1. The number of hydrogen-bond acceptors (Lipinski definition) is 0. The van der Waals surface area contributed by atoms with Crippen LogP contribution in [0.4, 0.5) is 0 Å². The van der Waals surface area contributed by atoms with Crippen LogP contribution in [0.3, 0.4) is 0 Å². The Labute approximate surface area is 72.5 Å². The zero-order chi connectivity index (χ0) is 10.2. The molecular formula is C9H22Si. The molecule has 0 aliphatic heterocycles. The van der Waals surface area contributed by atoms with Crippen molar-refractivity contribution in [2.75, 3.05) is 0 Å². The van der Waals surface area contributed by atoms with Crippen molar-refractivity contribution < 1.29 is 0 Å². The van der Waals surface area contributed by atoms with Gasteiger partial charge in [0.2, 0.25) is 0 Å². The molecule has 0 saturated heterocycles. The van der Waals surface area contributed by atoms with Crippen molar-refractivity contribution in [2.45, 2.75) is 57.9 Å². The molecule has 0 aliphatic carbocycles. The molecule has 0 heterocycles. The average molecular weight is 164 g/mol. The molecule has 0 spiro atoms. The monoisotopic (exact) mass is 164 g/mol. The Hall–Kier alpha value is 0.217. The van der Waals surface area contributed by atoms with Crippen LogP contribution in [-0.4, -0.2) is 13.7 Å². The van der Waals surface area contributed by atoms with Crippen LogP contribution in [0.25, 0.3) is 0 Å². The first-order valence-corrected chi connectivity index (χ1v) is 5.27. The van der Waals surface area contributed by atoms with Crippen LogP contribution < -0.4 is 0 Å². The van der Waals surface area contributed by atoms with Crippen LogP contribution >= 0.6 is 0 Å². The van der Waals surface area contributed by atoms with Crippen molar-refractivity contribution in [1.82, 2.24) is 0 Å². The van der Waals surface area contributed by atoms with Gasteiger partial charge < -0.3 is 0 Å². The lowest BCUT2D eigenvalue weighted by atomic mass is 10.1. The lowest BCUT2D eigenvalue weighted by molar-refractivity contribution is 0.602. The van der Waals surface area contributed by atoms with Crippen molar-refractivity contribution in [3.63, 3.8) is 0 Å². The molecule has 0 aromatic carbocycles. The maximum atomic E-state index is 7.15. The molecule has 10 heavy (non-hydrogen) atoms. The molecule has 0 nitrogen and oxygen atoms in total. The van der Waals surface area contributed by atoms with E-state index in [4.69, 9.17) is 3.70 Å². The van der Waals surface area contributed by atoms with Crippen LogP contribution in [0.2, 0.25) is 6.04 Å². The average Bonchev–Trinajstić information content (AvgIpc) is 2.01. The van der Waals surface area contributed by atoms with Crippen molar-refractivity contribution in [1.29, 1.82) is 3.70 Å². The van der Waals surface area contributed by atoms with Gasteiger partial charge in [-0.25, -0.2) is 0 Å². The summed E-state index contributed by atoms with van der Waals surface area (Å²) >= 11 is 0. The molecule has 0 fully saturated rings. The third-order valence-electron chi connectivity index (χ3n) is 1.78. The van der Waals surface area contributed by atoms with Crippen LogP contribution in [-0.2, 0) is 0 Å². The Morgan fingerprint density at radius 1 is 1.00 bits per heavy atom. The second-order valence-electron chi connectivity index (χ2n) is 2.87. The Morgan fingerprint density at radius 2 is 1.60 bits per heavy atom. The van der Waals surface area contributed by atoms with Gasteiger partial charge in [0.15, 0.2) is 0 Å². The third kappa shape index (κ3) is 8.22. The Kier molecular flexibility index (Phi) is 5.36. The van der Waals surface area contributed by atoms with Crippen molar-refractivity contribution >= 4 is 10.0 Å². The van der Waals surface area contributed by atoms with E-state index in [0.717, 1.165) is 12.8 Å². The second kappa shape index (κ2) is 9.22. The summed E-state index contributed by atoms with van der Waals surface area (Å²) in [5.41, 5.74) is 0. The third-order valence-corrected chi connectivity index (χ3v) is 2.13. The lowest BCUT2D eigenvalue weighted by Crippen LogP contribution is -1.78. The number of unbranched alkanes of at least 4 members (excludes halogenated alkanes) is 6. The summed E-state index contributed by atoms with van der Waals surface area (Å²) in [6.45, 7) is 2.21. The fraction of sp³-hybridized carbons (Fsp3) is 1.00. The normalized spacial score (nSPS) is 15.9. The van der Waals surface area contributed by atoms with Gasteiger partial charge in [-0.3, -0.25) is 0 Å². The van der Waals surface area contributed by atoms with Gasteiger partial charge in [-0.15, -0.1) is 0 Å². The topological polar surface area (TPSA) is 0 Å². The van der Waals surface area contributed by atoms with Crippen molar-refractivity contribution in [3.05, 3.63) is 0 Å². The molecule has 0 radical (unpaired) electrons. The first kappa shape index (κ1) is 5.82. The molecule has 0 unspecified atom stereocenters. The largest absolute Gasteiger partial charge is 0.0658 e. The molecule has 1 heteroatoms. The van der Waals surface area contributed by atoms with E-state index in [1.165, 1.54) is 32.1 Å². The fourth-order valence-electron chi connectivity index (χ4n) is 1.08. The SMILES string of the molecule is [3H][Si]([3H])([3H])CCCCCCCCC. The maximum Gasteiger partial charge on any atom is 0.00729 e. The minimum atomic E-state index is -2.98. The Bertz CT molecular complexity index is 112. The van der Waals surface area contributed by atoms with Crippen LogP contribution in [0.5, 0.6) is 0 Å². The van der Waals surface area contributed by atoms with Gasteiger partial charge in [0.25, 0.3) is 0 Å². The van der Waals surface area contributed by atoms with E-state index in [1.54, 1.807) is 0 Å². The molecule has 0 saturated carbocycles. The summed E-state index contributed by atoms with van der Waals surface area (Å²) in [5.74, 6) is 0. The highest BCUT2D eigenvalue weighted by Crippen LogP contribution is 2.07. The van der Waals surface area contributed by atoms with Crippen LogP contribution in [0.15, 0.2) is 0 Å². The summed E-state index contributed by atoms with van der Waals surface area (Å²) in [5, 5.41) is 0. The summed E-state index contributed by atoms with van der Waals surface area (Å²) in [6.07, 6.45) is 8.49. The summed E-state index contributed by atoms with van der Waals surface area (Å²) in [7, 11) is -2.98. The second-order valence-corrected chi connectivity index (χ2v) is 3.37. The standard InChI is InChI=1S/C9H22Si/c1-2-3-4-5-6-7-8-9-10/h2-9H2,1,10H3/i10T3. The van der Waals surface area contributed by atoms with Crippen LogP contribution in [0.1, 0.15) is 51.9 Å². The molecule has 0 amide bonds. The van der Waals surface area contributed by atoms with Gasteiger partial charge >= 0.3 is 0 Å². The van der Waals surface area contributed by atoms with E-state index >= 15 is 0 Å². The molecule has 0 aliphatic rings. The summed E-state index contributed by atoms with van der Waals surface area (Å²) < 4.78 is 21.5. The minimum absolute atomic E-state index is 0.529. The van der Waals surface area contributed by atoms with Crippen molar-refractivity contribution in [2.24, 2.45) is 0 Å². The van der Waals surface area contributed by atoms with E-state index in [-0.39, 0.29) is 0 Å². The molecule has 0 N–H and O–H groups in total. The fourth-order valence-corrected chi connectivity index (χ4v) is 1.33. The van der Waals surface area contributed by atoms with Gasteiger partial charge in [0.05, 0.1) is 0 Å². The quantitative estimate of drug-likeness (QED) is 0.382. The zero-order valence-corrected chi connectivity index (χ0v) is 8.16. The van der Waals surface area contributed by atoms with E-state index in [1.807, 2.05) is 0 Å². The minimum Gasteiger partial charge on any atom is -0.0658 e.